The molecule has 0 bridgehead atoms. The van der Waals surface area contributed by atoms with Crippen LogP contribution < -0.4 is 11.1 Å². The average molecular weight is 235 g/mol. The minimum Gasteiger partial charge on any atom is -0.364 e. The molecule has 2 amide bonds. The molecular weight excluding hydrogens is 226 g/mol. The van der Waals surface area contributed by atoms with Crippen molar-refractivity contribution in [3.8, 4) is 0 Å². The fourth-order valence-corrected chi connectivity index (χ4v) is 2.17. The summed E-state index contributed by atoms with van der Waals surface area (Å²) in [5.41, 5.74) is 6.52. The number of hydrogen-bond acceptors (Lipinski definition) is 4. The highest BCUT2D eigenvalue weighted by Gasteiger charge is 2.09. The van der Waals surface area contributed by atoms with Gasteiger partial charge < -0.3 is 11.1 Å². The summed E-state index contributed by atoms with van der Waals surface area (Å²) < 4.78 is 0.819. The molecule has 0 saturated carbocycles. The molecule has 5 nitrogen and oxygen atoms in total. The first-order valence-electron chi connectivity index (χ1n) is 4.54. The summed E-state index contributed by atoms with van der Waals surface area (Å²) in [6, 6.07) is 5.23. The van der Waals surface area contributed by atoms with Crippen LogP contribution in [-0.2, 0) is 4.79 Å². The van der Waals surface area contributed by atoms with E-state index in [9.17, 15) is 9.59 Å². The van der Waals surface area contributed by atoms with Gasteiger partial charge in [-0.3, -0.25) is 9.59 Å². The van der Waals surface area contributed by atoms with Gasteiger partial charge in [-0.1, -0.05) is 0 Å². The van der Waals surface area contributed by atoms with Crippen molar-refractivity contribution >= 4 is 39.1 Å². The van der Waals surface area contributed by atoms with Crippen molar-refractivity contribution in [1.29, 1.82) is 0 Å². The lowest BCUT2D eigenvalue weighted by Gasteiger charge is -1.99. The number of primary amides is 1. The summed E-state index contributed by atoms with van der Waals surface area (Å²) in [6.07, 6.45) is 0. The number of carbonyl (C=O) groups is 2. The number of benzene rings is 1. The fraction of sp³-hybridized carbons (Fsp3) is 0.100. The van der Waals surface area contributed by atoms with Crippen LogP contribution in [0.15, 0.2) is 18.2 Å². The molecule has 3 N–H and O–H groups in total. The number of fused-ring (bicyclic) bond motifs is 1. The van der Waals surface area contributed by atoms with Crippen molar-refractivity contribution < 1.29 is 9.59 Å². The highest BCUT2D eigenvalue weighted by Crippen LogP contribution is 2.24. The smallest absolute Gasteiger partial charge is 0.277 e. The molecule has 16 heavy (non-hydrogen) atoms. The molecule has 1 aromatic heterocycles. The van der Waals surface area contributed by atoms with Crippen LogP contribution in [0, 0.1) is 0 Å². The van der Waals surface area contributed by atoms with Gasteiger partial charge in [-0.25, -0.2) is 4.98 Å². The number of nitrogens with two attached hydrogens (primary N) is 1. The van der Waals surface area contributed by atoms with E-state index in [1.54, 1.807) is 18.2 Å². The first kappa shape index (κ1) is 10.6. The van der Waals surface area contributed by atoms with Gasteiger partial charge in [0.05, 0.1) is 10.2 Å². The number of nitrogens with one attached hydrogen (secondary N) is 1. The molecule has 1 heterocycles. The number of hydrogen-bond donors (Lipinski definition) is 2. The van der Waals surface area contributed by atoms with Crippen LogP contribution in [0.4, 0.5) is 5.69 Å². The van der Waals surface area contributed by atoms with Gasteiger partial charge in [-0.2, -0.15) is 0 Å². The van der Waals surface area contributed by atoms with Gasteiger partial charge in [0.2, 0.25) is 5.91 Å². The van der Waals surface area contributed by atoms with Gasteiger partial charge >= 0.3 is 0 Å². The molecule has 2 rings (SSSR count). The van der Waals surface area contributed by atoms with Crippen LogP contribution >= 0.6 is 11.3 Å². The molecule has 0 atom stereocenters. The minimum absolute atomic E-state index is 0.140. The van der Waals surface area contributed by atoms with Crippen LogP contribution in [0.3, 0.4) is 0 Å². The number of thiazole rings is 1. The Morgan fingerprint density at radius 3 is 2.81 bits per heavy atom. The maximum atomic E-state index is 10.9. The molecule has 6 heteroatoms. The number of nitrogens with zero attached hydrogens (tertiary/aromatic N) is 1. The number of carbonyl (C=O) groups excluding carboxylic acids is 2. The third-order valence-electron chi connectivity index (χ3n) is 1.92. The van der Waals surface area contributed by atoms with E-state index >= 15 is 0 Å². The van der Waals surface area contributed by atoms with Crippen LogP contribution in [0.1, 0.15) is 16.7 Å². The van der Waals surface area contributed by atoms with Gasteiger partial charge in [0, 0.05) is 12.6 Å². The van der Waals surface area contributed by atoms with Gasteiger partial charge in [0.1, 0.15) is 0 Å². The third kappa shape index (κ3) is 2.01. The van der Waals surface area contributed by atoms with E-state index in [1.165, 1.54) is 18.3 Å². The highest BCUT2D eigenvalue weighted by molar-refractivity contribution is 7.20. The minimum atomic E-state index is -0.540. The topological polar surface area (TPSA) is 85.1 Å². The first-order valence-corrected chi connectivity index (χ1v) is 5.36. The van der Waals surface area contributed by atoms with Gasteiger partial charge in [0.15, 0.2) is 5.01 Å². The van der Waals surface area contributed by atoms with Crippen molar-refractivity contribution in [2.45, 2.75) is 6.92 Å². The monoisotopic (exact) mass is 235 g/mol. The SMILES string of the molecule is CC(=O)Nc1ccc2nc(C(N)=O)sc2c1. The highest BCUT2D eigenvalue weighted by atomic mass is 32.1. The third-order valence-corrected chi connectivity index (χ3v) is 2.95. The Labute approximate surface area is 95.3 Å². The number of amides is 2. The van der Waals surface area contributed by atoms with Gasteiger partial charge in [0.25, 0.3) is 5.91 Å². The quantitative estimate of drug-likeness (QED) is 0.824. The summed E-state index contributed by atoms with van der Waals surface area (Å²) in [4.78, 5) is 25.9. The Balaban J connectivity index is 2.45. The van der Waals surface area contributed by atoms with E-state index in [0.29, 0.717) is 11.2 Å². The molecule has 0 saturated heterocycles. The molecule has 0 aliphatic rings. The lowest BCUT2D eigenvalue weighted by molar-refractivity contribution is -0.114. The number of aromatic nitrogens is 1. The normalized spacial score (nSPS) is 10.3. The summed E-state index contributed by atoms with van der Waals surface area (Å²) in [5.74, 6) is -0.679. The maximum Gasteiger partial charge on any atom is 0.277 e. The molecule has 0 radical (unpaired) electrons. The predicted octanol–water partition coefficient (Wildman–Crippen LogP) is 1.35. The van der Waals surface area contributed by atoms with Crippen LogP contribution in [0.5, 0.6) is 0 Å². The molecule has 0 aliphatic heterocycles. The molecule has 82 valence electrons. The summed E-state index contributed by atoms with van der Waals surface area (Å²) in [6.45, 7) is 1.44. The number of anilines is 1. The Kier molecular flexibility index (Phi) is 2.57. The second kappa shape index (κ2) is 3.90. The largest absolute Gasteiger partial charge is 0.364 e. The zero-order valence-corrected chi connectivity index (χ0v) is 9.30. The maximum absolute atomic E-state index is 10.9. The molecule has 2 aromatic rings. The van der Waals surface area contributed by atoms with Gasteiger partial charge in [-0.05, 0) is 18.2 Å². The molecule has 0 unspecified atom stereocenters. The zero-order chi connectivity index (χ0) is 11.7. The zero-order valence-electron chi connectivity index (χ0n) is 8.48. The predicted molar refractivity (Wildman–Crippen MR) is 62.4 cm³/mol. The summed E-state index contributed by atoms with van der Waals surface area (Å²) in [7, 11) is 0. The lowest BCUT2D eigenvalue weighted by atomic mass is 10.3. The molecule has 1 aromatic carbocycles. The van der Waals surface area contributed by atoms with Crippen molar-refractivity contribution in [3.63, 3.8) is 0 Å². The summed E-state index contributed by atoms with van der Waals surface area (Å²) >= 11 is 1.21. The Morgan fingerprint density at radius 1 is 1.44 bits per heavy atom. The second-order valence-electron chi connectivity index (χ2n) is 3.25. The van der Waals surface area contributed by atoms with E-state index in [4.69, 9.17) is 5.73 Å². The average Bonchev–Trinajstić information content (AvgIpc) is 2.59. The standard InChI is InChI=1S/C10H9N3O2S/c1-5(14)12-6-2-3-7-8(4-6)16-10(13-7)9(11)15/h2-4H,1H3,(H2,11,15)(H,12,14). The molecule has 0 aliphatic carbocycles. The second-order valence-corrected chi connectivity index (χ2v) is 4.28. The first-order chi connectivity index (χ1) is 7.56. The Morgan fingerprint density at radius 2 is 2.19 bits per heavy atom. The molecule has 0 spiro atoms. The van der Waals surface area contributed by atoms with Crippen LogP contribution in [-0.4, -0.2) is 16.8 Å². The van der Waals surface area contributed by atoms with Crippen molar-refractivity contribution in [1.82, 2.24) is 4.98 Å². The van der Waals surface area contributed by atoms with Crippen LogP contribution in [0.2, 0.25) is 0 Å². The molecule has 0 fully saturated rings. The van der Waals surface area contributed by atoms with Crippen LogP contribution in [0.25, 0.3) is 10.2 Å². The fourth-order valence-electron chi connectivity index (χ4n) is 1.31. The summed E-state index contributed by atoms with van der Waals surface area (Å²) in [5, 5.41) is 2.93. The Hall–Kier alpha value is -1.95. The molecular formula is C10H9N3O2S. The van der Waals surface area contributed by atoms with E-state index in [1.807, 2.05) is 0 Å². The van der Waals surface area contributed by atoms with Crippen molar-refractivity contribution in [2.75, 3.05) is 5.32 Å². The lowest BCUT2D eigenvalue weighted by Crippen LogP contribution is -2.09. The van der Waals surface area contributed by atoms with E-state index in [2.05, 4.69) is 10.3 Å². The van der Waals surface area contributed by atoms with E-state index in [-0.39, 0.29) is 10.9 Å². The van der Waals surface area contributed by atoms with Crippen molar-refractivity contribution in [2.24, 2.45) is 5.73 Å². The van der Waals surface area contributed by atoms with E-state index in [0.717, 1.165) is 4.70 Å². The number of rotatable bonds is 2. The Bertz CT molecular complexity index is 576. The van der Waals surface area contributed by atoms with Gasteiger partial charge in [-0.15, -0.1) is 11.3 Å². The van der Waals surface area contributed by atoms with Crippen molar-refractivity contribution in [3.05, 3.63) is 23.2 Å². The van der Waals surface area contributed by atoms with E-state index < -0.39 is 5.91 Å².